The third kappa shape index (κ3) is 6.33. The Labute approximate surface area is 291 Å². The molecule has 50 heavy (non-hydrogen) atoms. The van der Waals surface area contributed by atoms with Crippen LogP contribution in [-0.2, 0) is 28.7 Å². The molecule has 10 heteroatoms. The topological polar surface area (TPSA) is 125 Å². The molecule has 10 nitrogen and oxygen atoms in total. The highest BCUT2D eigenvalue weighted by atomic mass is 16.5. The number of aliphatic hydroxyl groups excluding tert-OH is 1. The number of ether oxygens (including phenoxy) is 2. The molecule has 1 spiro atoms. The zero-order chi connectivity index (χ0) is 34.7. The number of benzene rings is 3. The van der Waals surface area contributed by atoms with Crippen molar-refractivity contribution in [2.24, 2.45) is 11.8 Å². The fourth-order valence-electron chi connectivity index (χ4n) is 8.00. The first-order chi connectivity index (χ1) is 24.4. The molecule has 3 aromatic carbocycles. The number of esters is 1. The second kappa shape index (κ2) is 14.6. The molecule has 3 amide bonds. The van der Waals surface area contributed by atoms with E-state index in [0.29, 0.717) is 31.5 Å². The van der Waals surface area contributed by atoms with E-state index in [2.05, 4.69) is 5.32 Å². The minimum absolute atomic E-state index is 0.0536. The summed E-state index contributed by atoms with van der Waals surface area (Å²) in [6.45, 7) is 0.640. The standard InChI is InChI=1S/C40H43N3O7/c44-24-11-2-1-10-22-43-36-39(48)42(30-20-19-27-13-6-7-16-29(27)25-30)23-12-21-40(36)35(38(43)47)34-32(50-40)17-8-9-18-33(45)49-26-31(41-37(34)46)28-14-4-3-5-15-28/h3-8,12-17,19-21,25,31-32,34-36,44H,1-2,9-11,18,22-24,26H2,(H,41,46)/b17-8-/t31-,32+,34-,35-,36+,40-/m0/s1. The van der Waals surface area contributed by atoms with Crippen LogP contribution in [0.15, 0.2) is 97.1 Å². The van der Waals surface area contributed by atoms with Crippen LogP contribution in [0.25, 0.3) is 10.8 Å². The summed E-state index contributed by atoms with van der Waals surface area (Å²) in [5, 5.41) is 14.4. The summed E-state index contributed by atoms with van der Waals surface area (Å²) in [7, 11) is 0. The van der Waals surface area contributed by atoms with Crippen LogP contribution in [0.5, 0.6) is 0 Å². The Kier molecular flexibility index (Phi) is 9.83. The van der Waals surface area contributed by atoms with E-state index < -0.39 is 41.5 Å². The van der Waals surface area contributed by atoms with E-state index in [4.69, 9.17) is 9.47 Å². The minimum Gasteiger partial charge on any atom is -0.463 e. The number of hydrogen-bond acceptors (Lipinski definition) is 7. The SMILES string of the molecule is O=C1CC/C=C\[C@H]2O[C@]34C=CCN(c5ccc6ccccc6c5)C(=O)[C@H]3N(CCCCCCO)C(=O)[C@@H]4[C@H]2C(=O)N[C@H](c2ccccc2)CO1. The number of amides is 3. The number of rotatable bonds is 8. The number of nitrogens with zero attached hydrogens (tertiary/aromatic N) is 2. The molecular formula is C40H43N3O7. The molecule has 4 aliphatic rings. The van der Waals surface area contributed by atoms with Gasteiger partial charge in [0.25, 0.3) is 5.91 Å². The third-order valence-electron chi connectivity index (χ3n) is 10.4. The predicted molar refractivity (Wildman–Crippen MR) is 188 cm³/mol. The van der Waals surface area contributed by atoms with Crippen molar-refractivity contribution in [2.45, 2.75) is 62.3 Å². The lowest BCUT2D eigenvalue weighted by atomic mass is 9.77. The smallest absolute Gasteiger partial charge is 0.306 e. The summed E-state index contributed by atoms with van der Waals surface area (Å²) >= 11 is 0. The van der Waals surface area contributed by atoms with E-state index in [0.717, 1.165) is 29.2 Å². The Hall–Kier alpha value is -4.80. The summed E-state index contributed by atoms with van der Waals surface area (Å²) in [6, 6.07) is 21.5. The van der Waals surface area contributed by atoms with Crippen molar-refractivity contribution < 1.29 is 33.8 Å². The maximum Gasteiger partial charge on any atom is 0.306 e. The van der Waals surface area contributed by atoms with Gasteiger partial charge in [0.1, 0.15) is 18.2 Å². The molecule has 2 fully saturated rings. The Morgan fingerprint density at radius 1 is 0.860 bits per heavy atom. The van der Waals surface area contributed by atoms with Crippen LogP contribution in [0.3, 0.4) is 0 Å². The number of cyclic esters (lactones) is 1. The first kappa shape index (κ1) is 33.7. The first-order valence-corrected chi connectivity index (χ1v) is 17.7. The van der Waals surface area contributed by atoms with Gasteiger partial charge in [-0.3, -0.25) is 19.2 Å². The van der Waals surface area contributed by atoms with Gasteiger partial charge < -0.3 is 29.7 Å². The fourth-order valence-corrected chi connectivity index (χ4v) is 8.00. The average molecular weight is 678 g/mol. The lowest BCUT2D eigenvalue weighted by molar-refractivity contribution is -0.146. The first-order valence-electron chi connectivity index (χ1n) is 17.7. The number of fused-ring (bicyclic) bond motifs is 3. The van der Waals surface area contributed by atoms with Crippen LogP contribution in [-0.4, -0.2) is 77.7 Å². The highest BCUT2D eigenvalue weighted by molar-refractivity contribution is 6.06. The number of hydrogen-bond donors (Lipinski definition) is 2. The molecule has 6 atom stereocenters. The van der Waals surface area contributed by atoms with Gasteiger partial charge in [-0.2, -0.15) is 0 Å². The Balaban J connectivity index is 1.27. The Morgan fingerprint density at radius 3 is 2.46 bits per heavy atom. The van der Waals surface area contributed by atoms with Crippen LogP contribution in [0, 0.1) is 11.8 Å². The van der Waals surface area contributed by atoms with Crippen LogP contribution in [0.1, 0.15) is 50.1 Å². The summed E-state index contributed by atoms with van der Waals surface area (Å²) in [5.41, 5.74) is 0.0881. The van der Waals surface area contributed by atoms with Gasteiger partial charge in [0, 0.05) is 31.8 Å². The molecule has 0 aromatic heterocycles. The largest absolute Gasteiger partial charge is 0.463 e. The molecular weight excluding hydrogens is 634 g/mol. The maximum absolute atomic E-state index is 14.9. The second-order valence-electron chi connectivity index (χ2n) is 13.5. The van der Waals surface area contributed by atoms with E-state index in [1.165, 1.54) is 0 Å². The van der Waals surface area contributed by atoms with Crippen molar-refractivity contribution in [3.8, 4) is 0 Å². The van der Waals surface area contributed by atoms with Crippen molar-refractivity contribution in [3.05, 3.63) is 103 Å². The highest BCUT2D eigenvalue weighted by Gasteiger charge is 2.71. The van der Waals surface area contributed by atoms with Crippen LogP contribution >= 0.6 is 0 Å². The molecule has 4 heterocycles. The monoisotopic (exact) mass is 677 g/mol. The zero-order valence-corrected chi connectivity index (χ0v) is 28.0. The van der Waals surface area contributed by atoms with Crippen molar-refractivity contribution >= 4 is 40.2 Å². The van der Waals surface area contributed by atoms with Crippen LogP contribution in [0.4, 0.5) is 5.69 Å². The van der Waals surface area contributed by atoms with Crippen LogP contribution < -0.4 is 10.2 Å². The number of carbonyl (C=O) groups excluding carboxylic acids is 4. The van der Waals surface area contributed by atoms with E-state index in [1.807, 2.05) is 84.9 Å². The van der Waals surface area contributed by atoms with E-state index in [1.54, 1.807) is 22.0 Å². The summed E-state index contributed by atoms with van der Waals surface area (Å²) in [4.78, 5) is 60.0. The fraction of sp³-hybridized carbons (Fsp3) is 0.400. The molecule has 2 saturated heterocycles. The zero-order valence-electron chi connectivity index (χ0n) is 28.0. The van der Waals surface area contributed by atoms with Gasteiger partial charge in [-0.1, -0.05) is 97.8 Å². The van der Waals surface area contributed by atoms with Gasteiger partial charge in [0.15, 0.2) is 0 Å². The van der Waals surface area contributed by atoms with E-state index >= 15 is 0 Å². The highest BCUT2D eigenvalue weighted by Crippen LogP contribution is 2.53. The van der Waals surface area contributed by atoms with Gasteiger partial charge >= 0.3 is 5.97 Å². The van der Waals surface area contributed by atoms with Crippen molar-refractivity contribution in [2.75, 3.05) is 31.2 Å². The Morgan fingerprint density at radius 2 is 1.64 bits per heavy atom. The van der Waals surface area contributed by atoms with E-state index in [9.17, 15) is 24.3 Å². The van der Waals surface area contributed by atoms with Crippen molar-refractivity contribution in [1.29, 1.82) is 0 Å². The van der Waals surface area contributed by atoms with Crippen molar-refractivity contribution in [3.63, 3.8) is 0 Å². The van der Waals surface area contributed by atoms with Gasteiger partial charge in [-0.25, -0.2) is 0 Å². The summed E-state index contributed by atoms with van der Waals surface area (Å²) < 4.78 is 12.4. The number of unbranched alkanes of at least 4 members (excludes halogenated alkanes) is 3. The second-order valence-corrected chi connectivity index (χ2v) is 13.5. The van der Waals surface area contributed by atoms with Crippen molar-refractivity contribution in [1.82, 2.24) is 10.2 Å². The molecule has 0 radical (unpaired) electrons. The molecule has 0 bridgehead atoms. The van der Waals surface area contributed by atoms with Crippen LogP contribution in [0.2, 0.25) is 0 Å². The number of likely N-dealkylation sites (tertiary alicyclic amines) is 1. The maximum atomic E-state index is 14.9. The normalized spacial score (nSPS) is 28.9. The molecule has 2 N–H and O–H groups in total. The molecule has 0 saturated carbocycles. The lowest BCUT2D eigenvalue weighted by Crippen LogP contribution is -2.55. The number of aliphatic hydroxyl groups is 1. The summed E-state index contributed by atoms with van der Waals surface area (Å²) in [6.07, 6.45) is 9.89. The molecule has 4 aliphatic heterocycles. The molecule has 0 aliphatic carbocycles. The number of carbonyl (C=O) groups is 4. The van der Waals surface area contributed by atoms with Gasteiger partial charge in [-0.15, -0.1) is 0 Å². The summed E-state index contributed by atoms with van der Waals surface area (Å²) in [5.74, 6) is -3.23. The predicted octanol–water partition coefficient (Wildman–Crippen LogP) is 4.63. The number of nitrogens with one attached hydrogen (secondary N) is 1. The molecule has 3 aromatic rings. The number of allylic oxidation sites excluding steroid dienone is 1. The average Bonchev–Trinajstić information content (AvgIpc) is 3.51. The quantitative estimate of drug-likeness (QED) is 0.203. The third-order valence-corrected chi connectivity index (χ3v) is 10.4. The molecule has 260 valence electrons. The Bertz CT molecular complexity index is 1810. The molecule has 0 unspecified atom stereocenters. The number of anilines is 1. The lowest BCUT2D eigenvalue weighted by Gasteiger charge is -2.35. The van der Waals surface area contributed by atoms with E-state index in [-0.39, 0.29) is 44.0 Å². The van der Waals surface area contributed by atoms with Gasteiger partial charge in [0.05, 0.1) is 24.0 Å². The van der Waals surface area contributed by atoms with Gasteiger partial charge in [0.2, 0.25) is 11.8 Å². The van der Waals surface area contributed by atoms with Gasteiger partial charge in [-0.05, 0) is 47.7 Å². The minimum atomic E-state index is -1.39. The molecule has 7 rings (SSSR count).